The predicted octanol–water partition coefficient (Wildman–Crippen LogP) is 4.52. The van der Waals surface area contributed by atoms with Crippen LogP contribution in [0.2, 0.25) is 5.02 Å². The lowest BCUT2D eigenvalue weighted by Crippen LogP contribution is -1.76. The van der Waals surface area contributed by atoms with Crippen LogP contribution in [0.5, 0.6) is 0 Å². The van der Waals surface area contributed by atoms with Crippen molar-refractivity contribution < 1.29 is 0 Å². The number of unbranched alkanes of at least 4 members (excludes halogenated alkanes) is 1. The van der Waals surface area contributed by atoms with Gasteiger partial charge < -0.3 is 4.98 Å². The number of pyridine rings is 1. The van der Waals surface area contributed by atoms with Crippen molar-refractivity contribution in [2.75, 3.05) is 0 Å². The largest absolute Gasteiger partial charge is 0.339 e. The van der Waals surface area contributed by atoms with Crippen LogP contribution in [0, 0.1) is 11.8 Å². The van der Waals surface area contributed by atoms with Gasteiger partial charge in [0.25, 0.3) is 0 Å². The van der Waals surface area contributed by atoms with Gasteiger partial charge in [-0.3, -0.25) is 0 Å². The number of nitrogens with zero attached hydrogens (tertiary/aromatic N) is 1. The molecule has 0 spiro atoms. The molecule has 2 nitrogen and oxygen atoms in total. The van der Waals surface area contributed by atoms with Crippen LogP contribution in [0.15, 0.2) is 30.5 Å². The summed E-state index contributed by atoms with van der Waals surface area (Å²) in [5, 5.41) is 2.77. The Balaban J connectivity index is 2.22. The number of aromatic amines is 1. The van der Waals surface area contributed by atoms with Crippen molar-refractivity contribution in [1.82, 2.24) is 9.97 Å². The monoisotopic (exact) mass is 268 g/mol. The number of fused-ring (bicyclic) bond motifs is 3. The van der Waals surface area contributed by atoms with E-state index in [-0.39, 0.29) is 0 Å². The lowest BCUT2D eigenvalue weighted by Gasteiger charge is -1.95. The van der Waals surface area contributed by atoms with Crippen molar-refractivity contribution in [3.05, 3.63) is 41.0 Å². The van der Waals surface area contributed by atoms with Crippen molar-refractivity contribution in [3.8, 4) is 11.8 Å². The molecule has 0 fully saturated rings. The number of nitrogens with one attached hydrogen (secondary N) is 1. The Morgan fingerprint density at radius 2 is 2.21 bits per heavy atom. The average molecular weight is 269 g/mol. The van der Waals surface area contributed by atoms with E-state index in [4.69, 9.17) is 11.6 Å². The third kappa shape index (κ3) is 2.18. The minimum atomic E-state index is 0.718. The Morgan fingerprint density at radius 3 is 3.05 bits per heavy atom. The van der Waals surface area contributed by atoms with Gasteiger partial charge in [-0.15, -0.1) is 0 Å². The second kappa shape index (κ2) is 4.95. The van der Waals surface area contributed by atoms with Gasteiger partial charge in [-0.25, -0.2) is 4.98 Å². The molecule has 1 N–H and O–H groups in total. The molecule has 0 aliphatic rings. The van der Waals surface area contributed by atoms with Crippen molar-refractivity contribution >= 4 is 33.5 Å². The SMILES string of the molecule is CCCC#Cc1ccc2[nH]c3nccc(Cl)c3c2c1. The molecule has 3 heteroatoms. The molecule has 0 aliphatic carbocycles. The molecule has 19 heavy (non-hydrogen) atoms. The highest BCUT2D eigenvalue weighted by Gasteiger charge is 2.08. The molecule has 0 unspecified atom stereocenters. The van der Waals surface area contributed by atoms with Crippen LogP contribution in [0.1, 0.15) is 25.3 Å². The van der Waals surface area contributed by atoms with Crippen LogP contribution in [-0.4, -0.2) is 9.97 Å². The average Bonchev–Trinajstić information content (AvgIpc) is 2.78. The Kier molecular flexibility index (Phi) is 3.15. The minimum absolute atomic E-state index is 0.718. The number of hydrogen-bond donors (Lipinski definition) is 1. The quantitative estimate of drug-likeness (QED) is 0.646. The summed E-state index contributed by atoms with van der Waals surface area (Å²) in [6.07, 6.45) is 3.72. The van der Waals surface area contributed by atoms with Gasteiger partial charge in [-0.2, -0.15) is 0 Å². The van der Waals surface area contributed by atoms with Crippen molar-refractivity contribution in [2.45, 2.75) is 19.8 Å². The van der Waals surface area contributed by atoms with Crippen LogP contribution >= 0.6 is 11.6 Å². The predicted molar refractivity (Wildman–Crippen MR) is 80.4 cm³/mol. The van der Waals surface area contributed by atoms with E-state index in [1.807, 2.05) is 18.2 Å². The van der Waals surface area contributed by atoms with Crippen LogP contribution in [0.25, 0.3) is 21.9 Å². The zero-order chi connectivity index (χ0) is 13.2. The topological polar surface area (TPSA) is 28.7 Å². The lowest BCUT2D eigenvalue weighted by molar-refractivity contribution is 0.983. The lowest BCUT2D eigenvalue weighted by atomic mass is 10.1. The van der Waals surface area contributed by atoms with E-state index < -0.39 is 0 Å². The molecule has 3 aromatic rings. The van der Waals surface area contributed by atoms with E-state index >= 15 is 0 Å². The molecule has 1 aromatic carbocycles. The summed E-state index contributed by atoms with van der Waals surface area (Å²) in [6.45, 7) is 2.13. The summed E-state index contributed by atoms with van der Waals surface area (Å²) in [5.74, 6) is 6.35. The Bertz CT molecular complexity index is 806. The summed E-state index contributed by atoms with van der Waals surface area (Å²) < 4.78 is 0. The van der Waals surface area contributed by atoms with E-state index in [1.54, 1.807) is 6.20 Å². The number of rotatable bonds is 1. The highest BCUT2D eigenvalue weighted by atomic mass is 35.5. The van der Waals surface area contributed by atoms with Crippen LogP contribution < -0.4 is 0 Å². The number of benzene rings is 1. The molecule has 2 heterocycles. The molecular formula is C16H13ClN2. The highest BCUT2D eigenvalue weighted by Crippen LogP contribution is 2.30. The van der Waals surface area contributed by atoms with E-state index in [1.165, 1.54) is 0 Å². The van der Waals surface area contributed by atoms with Gasteiger partial charge in [-0.05, 0) is 30.7 Å². The van der Waals surface area contributed by atoms with E-state index in [9.17, 15) is 0 Å². The molecule has 0 radical (unpaired) electrons. The fraction of sp³-hybridized carbons (Fsp3) is 0.188. The summed E-state index contributed by atoms with van der Waals surface area (Å²) in [4.78, 5) is 7.58. The third-order valence-electron chi connectivity index (χ3n) is 3.05. The smallest absolute Gasteiger partial charge is 0.139 e. The molecule has 94 valence electrons. The first kappa shape index (κ1) is 12.1. The van der Waals surface area contributed by atoms with Crippen molar-refractivity contribution in [1.29, 1.82) is 0 Å². The van der Waals surface area contributed by atoms with E-state index in [0.29, 0.717) is 0 Å². The maximum atomic E-state index is 6.26. The fourth-order valence-corrected chi connectivity index (χ4v) is 2.39. The van der Waals surface area contributed by atoms with Gasteiger partial charge in [0.05, 0.1) is 5.02 Å². The van der Waals surface area contributed by atoms with Crippen LogP contribution in [-0.2, 0) is 0 Å². The van der Waals surface area contributed by atoms with Gasteiger partial charge in [0.15, 0.2) is 0 Å². The second-order valence-corrected chi connectivity index (χ2v) is 4.86. The first-order valence-corrected chi connectivity index (χ1v) is 6.72. The molecule has 0 saturated heterocycles. The molecule has 0 saturated carbocycles. The molecule has 0 bridgehead atoms. The van der Waals surface area contributed by atoms with Gasteiger partial charge in [0, 0.05) is 34.5 Å². The second-order valence-electron chi connectivity index (χ2n) is 4.45. The first-order valence-electron chi connectivity index (χ1n) is 6.34. The molecule has 0 atom stereocenters. The molecule has 0 aliphatic heterocycles. The summed E-state index contributed by atoms with van der Waals surface area (Å²) >= 11 is 6.26. The Labute approximate surface area is 116 Å². The Morgan fingerprint density at radius 1 is 1.32 bits per heavy atom. The summed E-state index contributed by atoms with van der Waals surface area (Å²) in [6, 6.07) is 7.94. The molecule has 3 rings (SSSR count). The fourth-order valence-electron chi connectivity index (χ4n) is 2.14. The van der Waals surface area contributed by atoms with Gasteiger partial charge >= 0.3 is 0 Å². The normalized spacial score (nSPS) is 10.6. The minimum Gasteiger partial charge on any atom is -0.339 e. The van der Waals surface area contributed by atoms with Gasteiger partial charge in [0.1, 0.15) is 5.65 Å². The maximum absolute atomic E-state index is 6.26. The molecular weight excluding hydrogens is 256 g/mol. The van der Waals surface area contributed by atoms with Crippen molar-refractivity contribution in [2.24, 2.45) is 0 Å². The molecule has 2 aromatic heterocycles. The van der Waals surface area contributed by atoms with Gasteiger partial charge in [0.2, 0.25) is 0 Å². The van der Waals surface area contributed by atoms with E-state index in [0.717, 1.165) is 45.4 Å². The first-order chi connectivity index (χ1) is 9.29. The number of hydrogen-bond acceptors (Lipinski definition) is 1. The van der Waals surface area contributed by atoms with Crippen molar-refractivity contribution in [3.63, 3.8) is 0 Å². The van der Waals surface area contributed by atoms with E-state index in [2.05, 4.69) is 34.8 Å². The standard InChI is InChI=1S/C16H13ClN2/c1-2-3-4-5-11-6-7-14-12(10-11)15-13(17)8-9-18-16(15)19-14/h6-10H,2-3H2,1H3,(H,18,19). The maximum Gasteiger partial charge on any atom is 0.139 e. The zero-order valence-corrected chi connectivity index (χ0v) is 11.4. The van der Waals surface area contributed by atoms with Gasteiger partial charge in [-0.1, -0.05) is 30.4 Å². The molecule has 0 amide bonds. The zero-order valence-electron chi connectivity index (χ0n) is 10.6. The number of aromatic nitrogens is 2. The van der Waals surface area contributed by atoms with Crippen LogP contribution in [0.4, 0.5) is 0 Å². The number of H-pyrrole nitrogens is 1. The van der Waals surface area contributed by atoms with Crippen LogP contribution in [0.3, 0.4) is 0 Å². The summed E-state index contributed by atoms with van der Waals surface area (Å²) in [5.41, 5.74) is 2.87. The third-order valence-corrected chi connectivity index (χ3v) is 3.36. The summed E-state index contributed by atoms with van der Waals surface area (Å²) in [7, 11) is 0. The Hall–Kier alpha value is -1.98. The number of halogens is 1. The highest BCUT2D eigenvalue weighted by molar-refractivity contribution is 6.37.